The molecular weight excluding hydrogens is 417 g/mol. The number of rotatable bonds is 6. The lowest BCUT2D eigenvalue weighted by molar-refractivity contribution is -0.123. The molecule has 0 bridgehead atoms. The molecule has 2 aromatic carbocycles. The number of aromatic amines is 1. The maximum Gasteiger partial charge on any atom is 0.405 e. The van der Waals surface area contributed by atoms with Crippen molar-refractivity contribution in [3.63, 3.8) is 0 Å². The number of carbonyl (C=O) groups excluding carboxylic acids is 2. The summed E-state index contributed by atoms with van der Waals surface area (Å²) in [6.07, 6.45) is -4.80. The number of carbonyl (C=O) groups is 2. The second-order valence-corrected chi connectivity index (χ2v) is 6.58. The fourth-order valence-corrected chi connectivity index (χ4v) is 2.90. The van der Waals surface area contributed by atoms with Gasteiger partial charge in [-0.3, -0.25) is 24.3 Å². The van der Waals surface area contributed by atoms with E-state index in [4.69, 9.17) is 0 Å². The van der Waals surface area contributed by atoms with Gasteiger partial charge >= 0.3 is 6.18 Å². The number of amides is 2. The van der Waals surface area contributed by atoms with Gasteiger partial charge in [-0.2, -0.15) is 13.2 Å². The second-order valence-electron chi connectivity index (χ2n) is 6.58. The maximum absolute atomic E-state index is 12.5. The number of H-pyrrole nitrogens is 1. The van der Waals surface area contributed by atoms with Gasteiger partial charge in [0.05, 0.1) is 28.6 Å². The van der Waals surface area contributed by atoms with Gasteiger partial charge < -0.3 is 10.6 Å². The summed E-state index contributed by atoms with van der Waals surface area (Å²) >= 11 is 0. The molecule has 0 saturated carbocycles. The number of halogens is 3. The van der Waals surface area contributed by atoms with Gasteiger partial charge in [0.1, 0.15) is 6.54 Å². The van der Waals surface area contributed by atoms with Crippen molar-refractivity contribution in [2.24, 2.45) is 0 Å². The Hall–Kier alpha value is -3.89. The number of para-hydroxylation sites is 1. The molecule has 0 unspecified atom stereocenters. The predicted molar refractivity (Wildman–Crippen MR) is 107 cm³/mol. The van der Waals surface area contributed by atoms with Crippen LogP contribution in [-0.2, 0) is 11.3 Å². The molecule has 0 spiro atoms. The van der Waals surface area contributed by atoms with E-state index in [1.807, 2.05) is 0 Å². The van der Waals surface area contributed by atoms with Gasteiger partial charge in [-0.1, -0.05) is 24.3 Å². The normalized spacial score (nSPS) is 11.3. The first-order chi connectivity index (χ1) is 14.7. The third-order valence-electron chi connectivity index (χ3n) is 4.34. The number of alkyl halides is 3. The van der Waals surface area contributed by atoms with E-state index in [0.29, 0.717) is 0 Å². The summed E-state index contributed by atoms with van der Waals surface area (Å²) in [6.45, 7) is -1.65. The summed E-state index contributed by atoms with van der Waals surface area (Å²) in [5.74, 6) is -1.60. The Kier molecular flexibility index (Phi) is 6.23. The molecule has 0 saturated heterocycles. The Balaban J connectivity index is 1.71. The summed E-state index contributed by atoms with van der Waals surface area (Å²) in [6, 6.07) is 11.8. The van der Waals surface area contributed by atoms with Crippen molar-refractivity contribution < 1.29 is 22.8 Å². The highest BCUT2D eigenvalue weighted by atomic mass is 19.4. The van der Waals surface area contributed by atoms with Crippen molar-refractivity contribution in [1.29, 1.82) is 0 Å². The largest absolute Gasteiger partial charge is 0.405 e. The molecule has 0 aliphatic rings. The molecule has 3 N–H and O–H groups in total. The fraction of sp³-hybridized carbons (Fsp3) is 0.200. The minimum Gasteiger partial charge on any atom is -0.343 e. The van der Waals surface area contributed by atoms with Crippen molar-refractivity contribution in [1.82, 2.24) is 15.1 Å². The minimum absolute atomic E-state index is 0.0199. The van der Waals surface area contributed by atoms with Crippen LogP contribution in [0.5, 0.6) is 0 Å². The monoisotopic (exact) mass is 434 g/mol. The van der Waals surface area contributed by atoms with Gasteiger partial charge in [-0.15, -0.1) is 0 Å². The lowest BCUT2D eigenvalue weighted by atomic mass is 10.1. The number of aryl methyl sites for hydroxylation is 1. The van der Waals surface area contributed by atoms with E-state index in [2.05, 4.69) is 10.4 Å². The molecule has 0 aliphatic heterocycles. The predicted octanol–water partition coefficient (Wildman–Crippen LogP) is 2.01. The highest BCUT2D eigenvalue weighted by Crippen LogP contribution is 2.17. The average Bonchev–Trinajstić information content (AvgIpc) is 2.73. The number of hydrogen-bond donors (Lipinski definition) is 3. The zero-order chi connectivity index (χ0) is 22.6. The van der Waals surface area contributed by atoms with Crippen molar-refractivity contribution in [2.75, 3.05) is 11.9 Å². The second kappa shape index (κ2) is 8.86. The third-order valence-corrected chi connectivity index (χ3v) is 4.34. The highest BCUT2D eigenvalue weighted by Gasteiger charge is 2.28. The SMILES string of the molecule is O=C(CCn1[nH]c(=O)c2ccccc2c1=O)Nc1ccccc1C(=O)NCC(F)(F)F. The van der Waals surface area contributed by atoms with Gasteiger partial charge in [0.2, 0.25) is 5.91 Å². The Bertz CT molecular complexity index is 1250. The van der Waals surface area contributed by atoms with Crippen LogP contribution in [0.4, 0.5) is 18.9 Å². The van der Waals surface area contributed by atoms with Gasteiger partial charge in [0.25, 0.3) is 17.0 Å². The van der Waals surface area contributed by atoms with Crippen LogP contribution < -0.4 is 21.8 Å². The Morgan fingerprint density at radius 2 is 1.61 bits per heavy atom. The van der Waals surface area contributed by atoms with Crippen LogP contribution in [0.15, 0.2) is 58.1 Å². The summed E-state index contributed by atoms with van der Waals surface area (Å²) in [4.78, 5) is 48.9. The molecule has 0 fully saturated rings. The Morgan fingerprint density at radius 3 is 2.32 bits per heavy atom. The third kappa shape index (κ3) is 5.38. The van der Waals surface area contributed by atoms with E-state index in [0.717, 1.165) is 4.68 Å². The number of nitrogens with one attached hydrogen (secondary N) is 3. The first-order valence-corrected chi connectivity index (χ1v) is 9.11. The molecule has 8 nitrogen and oxygen atoms in total. The minimum atomic E-state index is -4.57. The van der Waals surface area contributed by atoms with Crippen molar-refractivity contribution in [3.05, 3.63) is 74.8 Å². The number of nitrogens with zero attached hydrogens (tertiary/aromatic N) is 1. The number of anilines is 1. The van der Waals surface area contributed by atoms with E-state index in [9.17, 15) is 32.3 Å². The quantitative estimate of drug-likeness (QED) is 0.551. The highest BCUT2D eigenvalue weighted by molar-refractivity contribution is 6.03. The first-order valence-electron chi connectivity index (χ1n) is 9.11. The standard InChI is InChI=1S/C20H17F3N4O4/c21-20(22,23)11-24-17(29)14-7-3-4-8-15(14)25-16(28)9-10-27-19(31)13-6-2-1-5-12(13)18(30)26-27/h1-8H,9-11H2,(H,24,29)(H,25,28)(H,26,30). The number of benzene rings is 2. The molecule has 3 rings (SSSR count). The molecule has 0 aliphatic carbocycles. The molecule has 3 aromatic rings. The van der Waals surface area contributed by atoms with Crippen LogP contribution in [0.1, 0.15) is 16.8 Å². The van der Waals surface area contributed by atoms with Gasteiger partial charge in [0, 0.05) is 6.42 Å². The zero-order valence-electron chi connectivity index (χ0n) is 16.0. The Morgan fingerprint density at radius 1 is 0.968 bits per heavy atom. The van der Waals surface area contributed by atoms with Crippen LogP contribution >= 0.6 is 0 Å². The lowest BCUT2D eigenvalue weighted by Crippen LogP contribution is -2.34. The van der Waals surface area contributed by atoms with Gasteiger partial charge in [-0.05, 0) is 24.3 Å². The maximum atomic E-state index is 12.5. The van der Waals surface area contributed by atoms with E-state index >= 15 is 0 Å². The molecule has 1 heterocycles. The van der Waals surface area contributed by atoms with E-state index in [1.165, 1.54) is 36.4 Å². The van der Waals surface area contributed by atoms with Crippen LogP contribution in [0, 0.1) is 0 Å². The molecule has 1 aromatic heterocycles. The molecule has 11 heteroatoms. The van der Waals surface area contributed by atoms with Gasteiger partial charge in [0.15, 0.2) is 0 Å². The first kappa shape index (κ1) is 21.8. The van der Waals surface area contributed by atoms with Crippen molar-refractivity contribution >= 4 is 28.3 Å². The summed E-state index contributed by atoms with van der Waals surface area (Å²) in [7, 11) is 0. The van der Waals surface area contributed by atoms with Crippen molar-refractivity contribution in [3.8, 4) is 0 Å². The van der Waals surface area contributed by atoms with Gasteiger partial charge in [-0.25, -0.2) is 4.68 Å². The Labute approximate surface area is 172 Å². The number of hydrogen-bond acceptors (Lipinski definition) is 4. The summed E-state index contributed by atoms with van der Waals surface area (Å²) in [5.41, 5.74) is -1.08. The lowest BCUT2D eigenvalue weighted by Gasteiger charge is -2.13. The molecular formula is C20H17F3N4O4. The fourth-order valence-electron chi connectivity index (χ4n) is 2.90. The summed E-state index contributed by atoms with van der Waals surface area (Å²) in [5, 5.41) is 7.01. The van der Waals surface area contributed by atoms with E-state index in [1.54, 1.807) is 17.4 Å². The van der Waals surface area contributed by atoms with E-state index in [-0.39, 0.29) is 35.0 Å². The van der Waals surface area contributed by atoms with Crippen LogP contribution in [-0.4, -0.2) is 34.3 Å². The summed E-state index contributed by atoms with van der Waals surface area (Å²) < 4.78 is 38.0. The smallest absolute Gasteiger partial charge is 0.343 e. The number of fused-ring (bicyclic) bond motifs is 1. The van der Waals surface area contributed by atoms with Crippen LogP contribution in [0.25, 0.3) is 10.8 Å². The van der Waals surface area contributed by atoms with E-state index < -0.39 is 35.7 Å². The topological polar surface area (TPSA) is 113 Å². The molecule has 0 radical (unpaired) electrons. The number of aromatic nitrogens is 2. The van der Waals surface area contributed by atoms with Crippen molar-refractivity contribution in [2.45, 2.75) is 19.1 Å². The zero-order valence-corrected chi connectivity index (χ0v) is 16.0. The molecule has 0 atom stereocenters. The van der Waals surface area contributed by atoms with Crippen LogP contribution in [0.3, 0.4) is 0 Å². The van der Waals surface area contributed by atoms with Crippen LogP contribution in [0.2, 0.25) is 0 Å². The molecule has 2 amide bonds. The molecule has 162 valence electrons. The molecule has 31 heavy (non-hydrogen) atoms. The average molecular weight is 434 g/mol.